The van der Waals surface area contributed by atoms with Gasteiger partial charge in [-0.1, -0.05) is 0 Å². The summed E-state index contributed by atoms with van der Waals surface area (Å²) in [5, 5.41) is 9.21. The maximum atomic E-state index is 11.0. The zero-order valence-electron chi connectivity index (χ0n) is 7.74. The molecule has 0 spiro atoms. The van der Waals surface area contributed by atoms with E-state index in [1.54, 1.807) is 25.6 Å². The van der Waals surface area contributed by atoms with E-state index in [9.17, 15) is 9.90 Å². The molecular formula is C8H16O3S. The van der Waals surface area contributed by atoms with Crippen molar-refractivity contribution < 1.29 is 14.6 Å². The van der Waals surface area contributed by atoms with Gasteiger partial charge in [0.2, 0.25) is 0 Å². The van der Waals surface area contributed by atoms with Gasteiger partial charge in [0.25, 0.3) is 0 Å². The maximum absolute atomic E-state index is 11.0. The van der Waals surface area contributed by atoms with Crippen molar-refractivity contribution in [3.05, 3.63) is 0 Å². The molecule has 0 aliphatic rings. The van der Waals surface area contributed by atoms with Crippen LogP contribution in [0.3, 0.4) is 0 Å². The molecule has 0 aromatic rings. The van der Waals surface area contributed by atoms with Gasteiger partial charge >= 0.3 is 5.97 Å². The lowest BCUT2D eigenvalue weighted by Gasteiger charge is -2.11. The molecule has 0 saturated carbocycles. The third-order valence-electron chi connectivity index (χ3n) is 1.22. The Morgan fingerprint density at radius 3 is 2.58 bits per heavy atom. The minimum absolute atomic E-state index is 0.151. The second-order valence-corrected chi connectivity index (χ2v) is 3.77. The topological polar surface area (TPSA) is 46.5 Å². The Labute approximate surface area is 77.5 Å². The van der Waals surface area contributed by atoms with Crippen LogP contribution in [0.4, 0.5) is 0 Å². The van der Waals surface area contributed by atoms with Crippen LogP contribution in [-0.2, 0) is 9.53 Å². The molecule has 0 aliphatic carbocycles. The molecule has 12 heavy (non-hydrogen) atoms. The highest BCUT2D eigenvalue weighted by molar-refractivity contribution is 7.98. The number of carbonyl (C=O) groups is 1. The molecule has 1 atom stereocenters. The summed E-state index contributed by atoms with van der Waals surface area (Å²) >= 11 is 1.60. The van der Waals surface area contributed by atoms with E-state index in [0.29, 0.717) is 6.42 Å². The normalized spacial score (nSPS) is 13.1. The smallest absolute Gasteiger partial charge is 0.335 e. The molecule has 4 heteroatoms. The minimum Gasteiger partial charge on any atom is -0.461 e. The Hall–Kier alpha value is -0.220. The fraction of sp³-hybridized carbons (Fsp3) is 0.875. The van der Waals surface area contributed by atoms with Crippen LogP contribution in [0, 0.1) is 0 Å². The highest BCUT2D eigenvalue weighted by Crippen LogP contribution is 2.03. The van der Waals surface area contributed by atoms with E-state index in [4.69, 9.17) is 4.74 Å². The fourth-order valence-electron chi connectivity index (χ4n) is 0.658. The van der Waals surface area contributed by atoms with E-state index in [0.717, 1.165) is 5.75 Å². The second-order valence-electron chi connectivity index (χ2n) is 2.78. The molecule has 1 N–H and O–H groups in total. The summed E-state index contributed by atoms with van der Waals surface area (Å²) in [6.07, 6.45) is 1.29. The first-order chi connectivity index (χ1) is 5.57. The van der Waals surface area contributed by atoms with Crippen LogP contribution in [0.15, 0.2) is 0 Å². The summed E-state index contributed by atoms with van der Waals surface area (Å²) < 4.78 is 4.81. The van der Waals surface area contributed by atoms with E-state index in [1.807, 2.05) is 6.26 Å². The Morgan fingerprint density at radius 2 is 2.17 bits per heavy atom. The van der Waals surface area contributed by atoms with E-state index in [-0.39, 0.29) is 6.10 Å². The van der Waals surface area contributed by atoms with E-state index >= 15 is 0 Å². The van der Waals surface area contributed by atoms with Crippen molar-refractivity contribution in [1.82, 2.24) is 0 Å². The summed E-state index contributed by atoms with van der Waals surface area (Å²) in [6, 6.07) is 0. The molecule has 0 saturated heterocycles. The Kier molecular flexibility index (Phi) is 6.20. The number of carbonyl (C=O) groups excluding carboxylic acids is 1. The molecule has 0 rings (SSSR count). The monoisotopic (exact) mass is 192 g/mol. The Bertz CT molecular complexity index is 136. The highest BCUT2D eigenvalue weighted by Gasteiger charge is 2.16. The van der Waals surface area contributed by atoms with E-state index in [2.05, 4.69) is 0 Å². The van der Waals surface area contributed by atoms with Gasteiger partial charge in [-0.25, -0.2) is 4.79 Å². The van der Waals surface area contributed by atoms with Gasteiger partial charge in [-0.2, -0.15) is 11.8 Å². The van der Waals surface area contributed by atoms with Crippen molar-refractivity contribution in [2.75, 3.05) is 12.0 Å². The number of rotatable bonds is 5. The molecule has 0 radical (unpaired) electrons. The first kappa shape index (κ1) is 11.8. The number of ether oxygens (including phenoxy) is 1. The average Bonchev–Trinajstić information content (AvgIpc) is 1.98. The Morgan fingerprint density at radius 1 is 1.58 bits per heavy atom. The van der Waals surface area contributed by atoms with Gasteiger partial charge in [-0.3, -0.25) is 0 Å². The number of aliphatic hydroxyl groups is 1. The van der Waals surface area contributed by atoms with Crippen LogP contribution < -0.4 is 0 Å². The number of esters is 1. The molecule has 3 nitrogen and oxygen atoms in total. The van der Waals surface area contributed by atoms with Gasteiger partial charge in [-0.15, -0.1) is 0 Å². The van der Waals surface area contributed by atoms with Crippen molar-refractivity contribution in [3.8, 4) is 0 Å². The lowest BCUT2D eigenvalue weighted by Crippen LogP contribution is -2.26. The molecule has 72 valence electrons. The summed E-state index contributed by atoms with van der Waals surface area (Å²) in [5.74, 6) is 0.257. The third kappa shape index (κ3) is 5.43. The van der Waals surface area contributed by atoms with Crippen molar-refractivity contribution in [2.45, 2.75) is 32.5 Å². The number of aliphatic hydroxyl groups excluding tert-OH is 1. The van der Waals surface area contributed by atoms with Crippen LogP contribution in [0.5, 0.6) is 0 Å². The standard InChI is InChI=1S/C8H16O3S/c1-6(2)11-8(10)7(9)4-5-12-3/h6-7,9H,4-5H2,1-3H3/t7-/m0/s1. The first-order valence-electron chi connectivity index (χ1n) is 3.95. The van der Waals surface area contributed by atoms with Gasteiger partial charge in [0.15, 0.2) is 6.10 Å². The average molecular weight is 192 g/mol. The molecule has 0 unspecified atom stereocenters. The number of thioether (sulfide) groups is 1. The zero-order chi connectivity index (χ0) is 9.56. The Balaban J connectivity index is 3.61. The SMILES string of the molecule is CSCC[C@H](O)C(=O)OC(C)C. The predicted molar refractivity (Wildman–Crippen MR) is 50.2 cm³/mol. The second kappa shape index (κ2) is 6.31. The predicted octanol–water partition coefficient (Wildman–Crippen LogP) is 1.05. The van der Waals surface area contributed by atoms with Gasteiger partial charge in [0.1, 0.15) is 0 Å². The highest BCUT2D eigenvalue weighted by atomic mass is 32.2. The van der Waals surface area contributed by atoms with E-state index < -0.39 is 12.1 Å². The first-order valence-corrected chi connectivity index (χ1v) is 5.34. The fourth-order valence-corrected chi connectivity index (χ4v) is 1.12. The van der Waals surface area contributed by atoms with Crippen LogP contribution >= 0.6 is 11.8 Å². The summed E-state index contributed by atoms with van der Waals surface area (Å²) in [5.41, 5.74) is 0. The van der Waals surface area contributed by atoms with Crippen LogP contribution in [0.25, 0.3) is 0 Å². The molecule has 0 aromatic carbocycles. The van der Waals surface area contributed by atoms with Crippen molar-refractivity contribution >= 4 is 17.7 Å². The zero-order valence-corrected chi connectivity index (χ0v) is 8.56. The lowest BCUT2D eigenvalue weighted by atomic mass is 10.3. The van der Waals surface area contributed by atoms with Crippen LogP contribution in [-0.4, -0.2) is 35.3 Å². The lowest BCUT2D eigenvalue weighted by molar-refractivity contribution is -0.157. The molecular weight excluding hydrogens is 176 g/mol. The summed E-state index contributed by atoms with van der Waals surface area (Å²) in [4.78, 5) is 11.0. The van der Waals surface area contributed by atoms with Gasteiger partial charge in [0, 0.05) is 0 Å². The molecule has 0 heterocycles. The molecule has 0 bridgehead atoms. The number of hydrogen-bond donors (Lipinski definition) is 1. The summed E-state index contributed by atoms with van der Waals surface area (Å²) in [7, 11) is 0. The quantitative estimate of drug-likeness (QED) is 0.661. The van der Waals surface area contributed by atoms with Gasteiger partial charge < -0.3 is 9.84 Å². The van der Waals surface area contributed by atoms with Crippen molar-refractivity contribution in [3.63, 3.8) is 0 Å². The number of hydrogen-bond acceptors (Lipinski definition) is 4. The van der Waals surface area contributed by atoms with E-state index in [1.165, 1.54) is 0 Å². The van der Waals surface area contributed by atoms with Crippen molar-refractivity contribution in [1.29, 1.82) is 0 Å². The molecule has 0 amide bonds. The van der Waals surface area contributed by atoms with Crippen molar-refractivity contribution in [2.24, 2.45) is 0 Å². The largest absolute Gasteiger partial charge is 0.461 e. The van der Waals surface area contributed by atoms with Gasteiger partial charge in [-0.05, 0) is 32.3 Å². The molecule has 0 aromatic heterocycles. The minimum atomic E-state index is -0.958. The van der Waals surface area contributed by atoms with Crippen LogP contribution in [0.2, 0.25) is 0 Å². The third-order valence-corrected chi connectivity index (χ3v) is 1.86. The van der Waals surface area contributed by atoms with Crippen LogP contribution in [0.1, 0.15) is 20.3 Å². The van der Waals surface area contributed by atoms with Gasteiger partial charge in [0.05, 0.1) is 6.10 Å². The summed E-state index contributed by atoms with van der Waals surface area (Å²) in [6.45, 7) is 3.53. The maximum Gasteiger partial charge on any atom is 0.335 e. The molecule has 0 aliphatic heterocycles. The molecule has 0 fully saturated rings.